The predicted molar refractivity (Wildman–Crippen MR) is 116 cm³/mol. The number of aromatic nitrogens is 1. The molecule has 0 N–H and O–H groups in total. The molecule has 1 saturated heterocycles. The van der Waals surface area contributed by atoms with Gasteiger partial charge < -0.3 is 14.2 Å². The van der Waals surface area contributed by atoms with Crippen LogP contribution in [0.25, 0.3) is 10.9 Å². The van der Waals surface area contributed by atoms with E-state index in [4.69, 9.17) is 4.74 Å². The van der Waals surface area contributed by atoms with Crippen molar-refractivity contribution in [1.82, 2.24) is 14.4 Å². The lowest BCUT2D eigenvalue weighted by Gasteiger charge is -2.21. The molecule has 1 aliphatic rings. The number of fused-ring (bicyclic) bond motifs is 1. The quantitative estimate of drug-likeness (QED) is 0.612. The van der Waals surface area contributed by atoms with E-state index in [1.165, 1.54) is 0 Å². The first-order valence-corrected chi connectivity index (χ1v) is 10.4. The number of nitrogens with zero attached hydrogens (tertiary/aromatic N) is 3. The van der Waals surface area contributed by atoms with E-state index < -0.39 is 0 Å². The van der Waals surface area contributed by atoms with Gasteiger partial charge in [-0.05, 0) is 18.1 Å². The van der Waals surface area contributed by atoms with Gasteiger partial charge in [0.25, 0.3) is 5.91 Å². The van der Waals surface area contributed by atoms with E-state index in [1.807, 2.05) is 77.3 Å². The first kappa shape index (κ1) is 20.2. The monoisotopic (exact) mass is 405 g/mol. The summed E-state index contributed by atoms with van der Waals surface area (Å²) in [4.78, 5) is 29.4. The number of para-hydroxylation sites is 1. The molecule has 0 saturated carbocycles. The van der Waals surface area contributed by atoms with Crippen LogP contribution in [0.4, 0.5) is 0 Å². The van der Waals surface area contributed by atoms with Crippen molar-refractivity contribution in [3.05, 3.63) is 71.9 Å². The number of carbonyl (C=O) groups excluding carboxylic acids is 2. The molecule has 1 aromatic heterocycles. The number of ether oxygens (including phenoxy) is 1. The molecule has 0 radical (unpaired) electrons. The lowest BCUT2D eigenvalue weighted by atomic mass is 10.1. The Morgan fingerprint density at radius 3 is 2.53 bits per heavy atom. The summed E-state index contributed by atoms with van der Waals surface area (Å²) in [6.07, 6.45) is 2.75. The first-order valence-electron chi connectivity index (χ1n) is 10.4. The van der Waals surface area contributed by atoms with Gasteiger partial charge in [0.2, 0.25) is 0 Å². The lowest BCUT2D eigenvalue weighted by Crippen LogP contribution is -2.37. The summed E-state index contributed by atoms with van der Waals surface area (Å²) < 4.78 is 7.40. The maximum absolute atomic E-state index is 13.2. The minimum Gasteiger partial charge on any atom is -0.460 e. The van der Waals surface area contributed by atoms with Crippen molar-refractivity contribution in [2.24, 2.45) is 7.05 Å². The van der Waals surface area contributed by atoms with Crippen LogP contribution in [-0.2, 0) is 23.2 Å². The SMILES string of the molecule is Cn1cc(C(=O)N2CCCN(CC(=O)OCc3ccccc3)CC2)c2ccccc21. The number of esters is 1. The van der Waals surface area contributed by atoms with E-state index >= 15 is 0 Å². The summed E-state index contributed by atoms with van der Waals surface area (Å²) in [5.74, 6) is -0.173. The van der Waals surface area contributed by atoms with Gasteiger partial charge in [0.15, 0.2) is 0 Å². The molecule has 6 heteroatoms. The van der Waals surface area contributed by atoms with E-state index in [-0.39, 0.29) is 18.4 Å². The predicted octanol–water partition coefficient (Wildman–Crippen LogP) is 3.07. The van der Waals surface area contributed by atoms with Crippen LogP contribution >= 0.6 is 0 Å². The lowest BCUT2D eigenvalue weighted by molar-refractivity contribution is -0.146. The number of amides is 1. The summed E-state index contributed by atoms with van der Waals surface area (Å²) >= 11 is 0. The second kappa shape index (κ2) is 9.13. The summed E-state index contributed by atoms with van der Waals surface area (Å²) in [7, 11) is 1.96. The third-order valence-corrected chi connectivity index (χ3v) is 5.60. The highest BCUT2D eigenvalue weighted by Crippen LogP contribution is 2.22. The Labute approximate surface area is 176 Å². The van der Waals surface area contributed by atoms with Gasteiger partial charge in [-0.25, -0.2) is 0 Å². The van der Waals surface area contributed by atoms with Crippen LogP contribution in [-0.4, -0.2) is 59.0 Å². The average Bonchev–Trinajstić information content (AvgIpc) is 2.94. The minimum atomic E-state index is -0.229. The highest BCUT2D eigenvalue weighted by Gasteiger charge is 2.24. The van der Waals surface area contributed by atoms with E-state index in [9.17, 15) is 9.59 Å². The number of rotatable bonds is 5. The first-order chi connectivity index (χ1) is 14.6. The van der Waals surface area contributed by atoms with E-state index in [0.717, 1.165) is 35.0 Å². The Bertz CT molecular complexity index is 1030. The fraction of sp³-hybridized carbons (Fsp3) is 0.333. The van der Waals surface area contributed by atoms with Gasteiger partial charge in [-0.1, -0.05) is 48.5 Å². The van der Waals surface area contributed by atoms with Gasteiger partial charge in [0.1, 0.15) is 6.61 Å². The molecule has 2 heterocycles. The Hall–Kier alpha value is -3.12. The van der Waals surface area contributed by atoms with Gasteiger partial charge in [-0.15, -0.1) is 0 Å². The average molecular weight is 405 g/mol. The van der Waals surface area contributed by atoms with E-state index in [2.05, 4.69) is 4.90 Å². The summed E-state index contributed by atoms with van der Waals surface area (Å²) in [6.45, 7) is 3.28. The smallest absolute Gasteiger partial charge is 0.320 e. The number of hydrogen-bond acceptors (Lipinski definition) is 4. The molecule has 1 fully saturated rings. The molecule has 4 rings (SSSR count). The van der Waals surface area contributed by atoms with Gasteiger partial charge in [-0.2, -0.15) is 0 Å². The van der Waals surface area contributed by atoms with Crippen molar-refractivity contribution in [1.29, 1.82) is 0 Å². The fourth-order valence-corrected chi connectivity index (χ4v) is 3.98. The van der Waals surface area contributed by atoms with Gasteiger partial charge in [-0.3, -0.25) is 14.5 Å². The molecular weight excluding hydrogens is 378 g/mol. The molecule has 0 unspecified atom stereocenters. The standard InChI is InChI=1S/C24H27N3O3/c1-25-16-21(20-10-5-6-11-22(20)25)24(29)27-13-7-12-26(14-15-27)17-23(28)30-18-19-8-3-2-4-9-19/h2-6,8-11,16H,7,12-15,17-18H2,1H3. The van der Waals surface area contributed by atoms with E-state index in [0.29, 0.717) is 26.2 Å². The van der Waals surface area contributed by atoms with Crippen LogP contribution < -0.4 is 0 Å². The number of aryl methyl sites for hydroxylation is 1. The molecule has 1 aliphatic heterocycles. The number of benzene rings is 2. The van der Waals surface area contributed by atoms with Crippen LogP contribution in [0, 0.1) is 0 Å². The Balaban J connectivity index is 1.33. The zero-order chi connectivity index (χ0) is 20.9. The summed E-state index contributed by atoms with van der Waals surface area (Å²) in [6, 6.07) is 17.6. The molecular formula is C24H27N3O3. The summed E-state index contributed by atoms with van der Waals surface area (Å²) in [5.41, 5.74) is 2.77. The highest BCUT2D eigenvalue weighted by molar-refractivity contribution is 6.07. The molecule has 30 heavy (non-hydrogen) atoms. The molecule has 0 bridgehead atoms. The number of carbonyl (C=O) groups is 2. The molecule has 1 amide bonds. The highest BCUT2D eigenvalue weighted by atomic mass is 16.5. The Morgan fingerprint density at radius 2 is 1.70 bits per heavy atom. The van der Waals surface area contributed by atoms with Crippen molar-refractivity contribution < 1.29 is 14.3 Å². The van der Waals surface area contributed by atoms with Crippen molar-refractivity contribution in [2.45, 2.75) is 13.0 Å². The van der Waals surface area contributed by atoms with Gasteiger partial charge in [0.05, 0.1) is 12.1 Å². The van der Waals surface area contributed by atoms with Crippen LogP contribution in [0.2, 0.25) is 0 Å². The van der Waals surface area contributed by atoms with Crippen LogP contribution in [0.1, 0.15) is 22.3 Å². The molecule has 156 valence electrons. The van der Waals surface area contributed by atoms with Gasteiger partial charge in [0, 0.05) is 50.3 Å². The second-order valence-corrected chi connectivity index (χ2v) is 7.74. The van der Waals surface area contributed by atoms with Crippen molar-refractivity contribution in [2.75, 3.05) is 32.7 Å². The number of hydrogen-bond donors (Lipinski definition) is 0. The maximum Gasteiger partial charge on any atom is 0.320 e. The van der Waals surface area contributed by atoms with Crippen LogP contribution in [0.15, 0.2) is 60.8 Å². The zero-order valence-corrected chi connectivity index (χ0v) is 17.3. The fourth-order valence-electron chi connectivity index (χ4n) is 3.98. The maximum atomic E-state index is 13.2. The zero-order valence-electron chi connectivity index (χ0n) is 17.3. The molecule has 0 spiro atoms. The van der Waals surface area contributed by atoms with Gasteiger partial charge >= 0.3 is 5.97 Å². The third-order valence-electron chi connectivity index (χ3n) is 5.60. The molecule has 0 atom stereocenters. The second-order valence-electron chi connectivity index (χ2n) is 7.74. The van der Waals surface area contributed by atoms with E-state index in [1.54, 1.807) is 0 Å². The minimum absolute atomic E-state index is 0.0558. The largest absolute Gasteiger partial charge is 0.460 e. The molecule has 2 aromatic carbocycles. The van der Waals surface area contributed by atoms with Crippen molar-refractivity contribution >= 4 is 22.8 Å². The van der Waals surface area contributed by atoms with Crippen molar-refractivity contribution in [3.63, 3.8) is 0 Å². The molecule has 3 aromatic rings. The molecule has 6 nitrogen and oxygen atoms in total. The molecule has 0 aliphatic carbocycles. The normalized spacial score (nSPS) is 15.2. The van der Waals surface area contributed by atoms with Crippen molar-refractivity contribution in [3.8, 4) is 0 Å². The third kappa shape index (κ3) is 4.54. The topological polar surface area (TPSA) is 54.8 Å². The Morgan fingerprint density at radius 1 is 0.933 bits per heavy atom. The Kier molecular flexibility index (Phi) is 6.14. The van der Waals surface area contributed by atoms with Crippen LogP contribution in [0.5, 0.6) is 0 Å². The van der Waals surface area contributed by atoms with Crippen LogP contribution in [0.3, 0.4) is 0 Å². The summed E-state index contributed by atoms with van der Waals surface area (Å²) in [5, 5.41) is 0.982.